The Morgan fingerprint density at radius 1 is 0.521 bits per heavy atom. The topological polar surface area (TPSA) is 89.8 Å². The summed E-state index contributed by atoms with van der Waals surface area (Å²) >= 11 is 0. The highest BCUT2D eigenvalue weighted by atomic mass is 16.3. The maximum absolute atomic E-state index is 12.4. The van der Waals surface area contributed by atoms with Gasteiger partial charge in [0.05, 0.1) is 31.3 Å². The summed E-state index contributed by atoms with van der Waals surface area (Å²) in [6.07, 6.45) is 48.1. The number of hydrogen-bond donors (Lipinski definition) is 4. The molecule has 3 atom stereocenters. The third-order valence-electron chi connectivity index (χ3n) is 9.07. The summed E-state index contributed by atoms with van der Waals surface area (Å²) in [5.41, 5.74) is 0. The van der Waals surface area contributed by atoms with Crippen molar-refractivity contribution in [2.75, 3.05) is 6.61 Å². The Balaban J connectivity index is 3.76. The monoisotopic (exact) mass is 674 g/mol. The van der Waals surface area contributed by atoms with Crippen molar-refractivity contribution in [3.8, 4) is 0 Å². The highest BCUT2D eigenvalue weighted by Crippen LogP contribution is 2.13. The maximum atomic E-state index is 12.4. The number of carbonyl (C=O) groups excluding carboxylic acids is 1. The van der Waals surface area contributed by atoms with E-state index in [4.69, 9.17) is 0 Å². The third-order valence-corrected chi connectivity index (χ3v) is 9.07. The van der Waals surface area contributed by atoms with Crippen LogP contribution in [0.3, 0.4) is 0 Å². The first-order chi connectivity index (χ1) is 23.5. The van der Waals surface area contributed by atoms with E-state index in [0.717, 1.165) is 51.4 Å². The molecule has 0 bridgehead atoms. The zero-order valence-electron chi connectivity index (χ0n) is 31.6. The van der Waals surface area contributed by atoms with Crippen LogP contribution in [0, 0.1) is 0 Å². The van der Waals surface area contributed by atoms with Crippen LogP contribution in [0.15, 0.2) is 48.6 Å². The number of hydrogen-bond acceptors (Lipinski definition) is 4. The van der Waals surface area contributed by atoms with Gasteiger partial charge in [0.15, 0.2) is 0 Å². The summed E-state index contributed by atoms with van der Waals surface area (Å²) in [4.78, 5) is 12.4. The molecule has 1 amide bonds. The van der Waals surface area contributed by atoms with Gasteiger partial charge in [-0.15, -0.1) is 0 Å². The number of aliphatic hydroxyl groups excluding tert-OH is 3. The summed E-state index contributed by atoms with van der Waals surface area (Å²) in [7, 11) is 0. The number of rotatable bonds is 36. The lowest BCUT2D eigenvalue weighted by Gasteiger charge is -2.20. The molecular formula is C43H79NO4. The number of nitrogens with one attached hydrogen (secondary N) is 1. The number of aliphatic hydroxyl groups is 3. The largest absolute Gasteiger partial charge is 0.394 e. The van der Waals surface area contributed by atoms with Gasteiger partial charge in [-0.3, -0.25) is 4.79 Å². The molecule has 5 nitrogen and oxygen atoms in total. The number of allylic oxidation sites excluding steroid dienone is 7. The number of unbranched alkanes of at least 4 members (excludes halogenated alkanes) is 21. The van der Waals surface area contributed by atoms with Crippen LogP contribution in [-0.4, -0.2) is 46.1 Å². The van der Waals surface area contributed by atoms with Gasteiger partial charge in [-0.1, -0.05) is 165 Å². The van der Waals surface area contributed by atoms with Crippen LogP contribution in [0.4, 0.5) is 0 Å². The van der Waals surface area contributed by atoms with Crippen LogP contribution in [-0.2, 0) is 4.79 Å². The van der Waals surface area contributed by atoms with Crippen LogP contribution in [0.1, 0.15) is 194 Å². The molecule has 0 aliphatic rings. The van der Waals surface area contributed by atoms with Gasteiger partial charge >= 0.3 is 0 Å². The molecule has 5 heteroatoms. The van der Waals surface area contributed by atoms with E-state index in [-0.39, 0.29) is 18.9 Å². The van der Waals surface area contributed by atoms with Gasteiger partial charge in [0, 0.05) is 0 Å². The van der Waals surface area contributed by atoms with Crippen molar-refractivity contribution in [1.82, 2.24) is 5.32 Å². The molecule has 280 valence electrons. The molecule has 0 rings (SSSR count). The molecule has 0 radical (unpaired) electrons. The summed E-state index contributed by atoms with van der Waals surface area (Å²) in [5.74, 6) is -0.337. The first-order valence-electron chi connectivity index (χ1n) is 20.4. The lowest BCUT2D eigenvalue weighted by molar-refractivity contribution is -0.124. The molecule has 0 aromatic carbocycles. The van der Waals surface area contributed by atoms with Gasteiger partial charge in [-0.2, -0.15) is 0 Å². The Morgan fingerprint density at radius 2 is 0.896 bits per heavy atom. The van der Waals surface area contributed by atoms with Gasteiger partial charge in [0.1, 0.15) is 0 Å². The lowest BCUT2D eigenvalue weighted by atomic mass is 10.0. The van der Waals surface area contributed by atoms with E-state index in [0.29, 0.717) is 6.42 Å². The molecule has 0 aliphatic carbocycles. The van der Waals surface area contributed by atoms with Gasteiger partial charge in [-0.05, 0) is 70.6 Å². The lowest BCUT2D eigenvalue weighted by Crippen LogP contribution is -2.45. The molecule has 4 N–H and O–H groups in total. The predicted octanol–water partition coefficient (Wildman–Crippen LogP) is 11.4. The van der Waals surface area contributed by atoms with E-state index in [1.165, 1.54) is 116 Å². The average Bonchev–Trinajstić information content (AvgIpc) is 3.08. The van der Waals surface area contributed by atoms with Crippen molar-refractivity contribution in [1.29, 1.82) is 0 Å². The fraction of sp³-hybridized carbons (Fsp3) is 0.791. The van der Waals surface area contributed by atoms with Crippen molar-refractivity contribution in [2.45, 2.75) is 212 Å². The van der Waals surface area contributed by atoms with Gasteiger partial charge in [0.2, 0.25) is 5.91 Å². The molecule has 48 heavy (non-hydrogen) atoms. The molecular weight excluding hydrogens is 594 g/mol. The van der Waals surface area contributed by atoms with Crippen LogP contribution in [0.25, 0.3) is 0 Å². The second kappa shape index (κ2) is 38.1. The average molecular weight is 674 g/mol. The second-order valence-corrected chi connectivity index (χ2v) is 13.9. The number of amides is 1. The van der Waals surface area contributed by atoms with E-state index >= 15 is 0 Å². The normalized spacial score (nSPS) is 14.2. The van der Waals surface area contributed by atoms with E-state index in [9.17, 15) is 20.1 Å². The molecule has 0 saturated carbocycles. The van der Waals surface area contributed by atoms with Gasteiger partial charge < -0.3 is 20.6 Å². The van der Waals surface area contributed by atoms with Gasteiger partial charge in [-0.25, -0.2) is 0 Å². The molecule has 0 spiro atoms. The smallest absolute Gasteiger partial charge is 0.222 e. The van der Waals surface area contributed by atoms with Crippen LogP contribution < -0.4 is 5.32 Å². The highest BCUT2D eigenvalue weighted by Gasteiger charge is 2.20. The first kappa shape index (κ1) is 46.3. The Bertz CT molecular complexity index is 790. The van der Waals surface area contributed by atoms with Crippen LogP contribution in [0.5, 0.6) is 0 Å². The van der Waals surface area contributed by atoms with Crippen LogP contribution in [0.2, 0.25) is 0 Å². The van der Waals surface area contributed by atoms with E-state index < -0.39 is 18.2 Å². The van der Waals surface area contributed by atoms with Crippen molar-refractivity contribution in [3.05, 3.63) is 48.6 Å². The molecule has 0 aliphatic heterocycles. The Morgan fingerprint density at radius 3 is 1.35 bits per heavy atom. The summed E-state index contributed by atoms with van der Waals surface area (Å²) in [5, 5.41) is 33.1. The maximum Gasteiger partial charge on any atom is 0.222 e. The third kappa shape index (κ3) is 34.2. The summed E-state index contributed by atoms with van der Waals surface area (Å²) in [6, 6.07) is -0.769. The summed E-state index contributed by atoms with van der Waals surface area (Å²) < 4.78 is 0. The first-order valence-corrected chi connectivity index (χ1v) is 20.4. The van der Waals surface area contributed by atoms with Crippen LogP contribution >= 0.6 is 0 Å². The van der Waals surface area contributed by atoms with E-state index in [1.807, 2.05) is 6.08 Å². The molecule has 3 unspecified atom stereocenters. The fourth-order valence-electron chi connectivity index (χ4n) is 5.89. The Labute approximate surface area is 297 Å². The van der Waals surface area contributed by atoms with E-state index in [2.05, 4.69) is 55.6 Å². The minimum atomic E-state index is -0.961. The minimum absolute atomic E-state index is 0.00435. The second-order valence-electron chi connectivity index (χ2n) is 13.9. The predicted molar refractivity (Wildman–Crippen MR) is 208 cm³/mol. The van der Waals surface area contributed by atoms with E-state index in [1.54, 1.807) is 6.08 Å². The molecule has 0 fully saturated rings. The zero-order valence-corrected chi connectivity index (χ0v) is 31.6. The summed E-state index contributed by atoms with van der Waals surface area (Å²) in [6.45, 7) is 4.16. The van der Waals surface area contributed by atoms with Crippen molar-refractivity contribution in [3.63, 3.8) is 0 Å². The van der Waals surface area contributed by atoms with Crippen molar-refractivity contribution >= 4 is 5.91 Å². The molecule has 0 saturated heterocycles. The Hall–Kier alpha value is -1.69. The van der Waals surface area contributed by atoms with Crippen molar-refractivity contribution in [2.24, 2.45) is 0 Å². The molecule has 0 heterocycles. The SMILES string of the molecule is CCCCCC/C=C/CC/C=C/CC/C=C/C(O)C(CO)NC(=O)CC(O)CCCCCCC/C=C\CCCCCCCCCCCC. The quantitative estimate of drug-likeness (QED) is 0.0393. The highest BCUT2D eigenvalue weighted by molar-refractivity contribution is 5.76. The minimum Gasteiger partial charge on any atom is -0.394 e. The molecule has 0 aromatic rings. The Kier molecular flexibility index (Phi) is 36.8. The fourth-order valence-corrected chi connectivity index (χ4v) is 5.89. The standard InChI is InChI=1S/C43H79NO4/c1-3-5-7-9-11-13-15-17-19-20-21-22-23-24-26-28-30-32-34-36-40(46)38-43(48)44-41(39-45)42(47)37-35-33-31-29-27-25-18-16-14-12-10-8-6-4-2/h14,16,22-23,27,29,35,37,40-42,45-47H,3-13,15,17-21,24-26,28,30-34,36,38-39H2,1-2H3,(H,44,48)/b16-14+,23-22-,29-27+,37-35+. The van der Waals surface area contributed by atoms with Gasteiger partial charge in [0.25, 0.3) is 0 Å². The van der Waals surface area contributed by atoms with Crippen molar-refractivity contribution < 1.29 is 20.1 Å². The number of carbonyl (C=O) groups is 1. The molecule has 0 aromatic heterocycles. The zero-order chi connectivity index (χ0) is 35.2.